The molecular weight excluding hydrogens is 243 g/mol. The summed E-state index contributed by atoms with van der Waals surface area (Å²) in [7, 11) is 4.21. The summed E-state index contributed by atoms with van der Waals surface area (Å²) in [6, 6.07) is 6.79. The summed E-state index contributed by atoms with van der Waals surface area (Å²) in [5.41, 5.74) is 4.21. The molecule has 1 N–H and O–H groups in total. The third-order valence-electron chi connectivity index (χ3n) is 2.61. The fraction of sp³-hybridized carbons (Fsp3) is 0.500. The van der Waals surface area contributed by atoms with Gasteiger partial charge in [0.2, 0.25) is 0 Å². The van der Waals surface area contributed by atoms with Crippen molar-refractivity contribution < 1.29 is 0 Å². The van der Waals surface area contributed by atoms with E-state index in [1.807, 2.05) is 0 Å². The van der Waals surface area contributed by atoms with Crippen LogP contribution in [0.1, 0.15) is 17.5 Å². The predicted octanol–water partition coefficient (Wildman–Crippen LogP) is 2.95. The van der Waals surface area contributed by atoms with E-state index in [4.69, 9.17) is 0 Å². The lowest BCUT2D eigenvalue weighted by molar-refractivity contribution is 0.402. The van der Waals surface area contributed by atoms with Gasteiger partial charge in [-0.3, -0.25) is 0 Å². The highest BCUT2D eigenvalue weighted by molar-refractivity contribution is 5.85. The van der Waals surface area contributed by atoms with E-state index in [9.17, 15) is 0 Å². The summed E-state index contributed by atoms with van der Waals surface area (Å²) >= 11 is 0. The van der Waals surface area contributed by atoms with Crippen LogP contribution in [0.4, 0.5) is 5.69 Å². The molecule has 0 unspecified atom stereocenters. The summed E-state index contributed by atoms with van der Waals surface area (Å²) in [5, 5.41) is 3.46. The zero-order valence-electron chi connectivity index (χ0n) is 9.82. The van der Waals surface area contributed by atoms with Gasteiger partial charge in [-0.2, -0.15) is 0 Å². The van der Waals surface area contributed by atoms with Crippen molar-refractivity contribution in [3.8, 4) is 0 Å². The SMILES string of the molecule is CN(C)Cc1ccc2c(c1)NCCC2.Cl.Cl. The van der Waals surface area contributed by atoms with Crippen LogP contribution in [0.5, 0.6) is 0 Å². The molecule has 0 atom stereocenters. The van der Waals surface area contributed by atoms with E-state index in [0.29, 0.717) is 0 Å². The Hall–Kier alpha value is -0.440. The smallest absolute Gasteiger partial charge is 0.0375 e. The highest BCUT2D eigenvalue weighted by Gasteiger charge is 2.08. The number of anilines is 1. The van der Waals surface area contributed by atoms with E-state index in [-0.39, 0.29) is 24.8 Å². The third kappa shape index (κ3) is 3.85. The molecule has 0 saturated carbocycles. The summed E-state index contributed by atoms with van der Waals surface area (Å²) in [6.07, 6.45) is 2.49. The summed E-state index contributed by atoms with van der Waals surface area (Å²) in [6.45, 7) is 2.15. The number of nitrogens with one attached hydrogen (secondary N) is 1. The van der Waals surface area contributed by atoms with E-state index in [2.05, 4.69) is 42.5 Å². The number of aryl methyl sites for hydroxylation is 1. The standard InChI is InChI=1S/C12H18N2.2ClH/c1-14(2)9-10-5-6-11-4-3-7-13-12(11)8-10;;/h5-6,8,13H,3-4,7,9H2,1-2H3;2*1H. The minimum atomic E-state index is 0. The molecule has 0 bridgehead atoms. The van der Waals surface area contributed by atoms with Crippen molar-refractivity contribution in [2.24, 2.45) is 0 Å². The molecule has 0 spiro atoms. The van der Waals surface area contributed by atoms with Crippen LogP contribution in [0.2, 0.25) is 0 Å². The molecular formula is C12H20Cl2N2. The number of halogens is 2. The highest BCUT2D eigenvalue weighted by atomic mass is 35.5. The Morgan fingerprint density at radius 3 is 2.69 bits per heavy atom. The van der Waals surface area contributed by atoms with Gasteiger partial charge in [0.15, 0.2) is 0 Å². The fourth-order valence-electron chi connectivity index (χ4n) is 1.97. The van der Waals surface area contributed by atoms with Crippen LogP contribution in [-0.2, 0) is 13.0 Å². The largest absolute Gasteiger partial charge is 0.385 e. The van der Waals surface area contributed by atoms with Gasteiger partial charge in [-0.05, 0) is 44.1 Å². The first-order chi connectivity index (χ1) is 6.75. The molecule has 92 valence electrons. The van der Waals surface area contributed by atoms with Crippen LogP contribution >= 0.6 is 24.8 Å². The molecule has 0 aliphatic carbocycles. The quantitative estimate of drug-likeness (QED) is 0.882. The van der Waals surface area contributed by atoms with Crippen LogP contribution in [0, 0.1) is 0 Å². The maximum atomic E-state index is 3.46. The molecule has 2 nitrogen and oxygen atoms in total. The molecule has 16 heavy (non-hydrogen) atoms. The third-order valence-corrected chi connectivity index (χ3v) is 2.61. The van der Waals surface area contributed by atoms with Gasteiger partial charge in [0.25, 0.3) is 0 Å². The number of fused-ring (bicyclic) bond motifs is 1. The lowest BCUT2D eigenvalue weighted by atomic mass is 10.0. The first-order valence-electron chi connectivity index (χ1n) is 5.26. The lowest BCUT2D eigenvalue weighted by Crippen LogP contribution is -2.14. The second-order valence-corrected chi connectivity index (χ2v) is 4.26. The maximum absolute atomic E-state index is 3.46. The van der Waals surface area contributed by atoms with E-state index >= 15 is 0 Å². The monoisotopic (exact) mass is 262 g/mol. The molecule has 1 heterocycles. The van der Waals surface area contributed by atoms with Crippen molar-refractivity contribution in [2.75, 3.05) is 26.0 Å². The fourth-order valence-corrected chi connectivity index (χ4v) is 1.97. The van der Waals surface area contributed by atoms with Crippen molar-refractivity contribution in [1.29, 1.82) is 0 Å². The average Bonchev–Trinajstić information content (AvgIpc) is 2.17. The number of rotatable bonds is 2. The number of benzene rings is 1. The molecule has 0 fully saturated rings. The first kappa shape index (κ1) is 15.6. The Kier molecular flexibility index (Phi) is 6.81. The lowest BCUT2D eigenvalue weighted by Gasteiger charge is -2.19. The molecule has 1 aromatic rings. The van der Waals surface area contributed by atoms with Gasteiger partial charge in [-0.1, -0.05) is 12.1 Å². The molecule has 0 amide bonds. The van der Waals surface area contributed by atoms with Crippen molar-refractivity contribution in [2.45, 2.75) is 19.4 Å². The van der Waals surface area contributed by atoms with Gasteiger partial charge in [-0.15, -0.1) is 24.8 Å². The average molecular weight is 263 g/mol. The van der Waals surface area contributed by atoms with Crippen molar-refractivity contribution >= 4 is 30.5 Å². The van der Waals surface area contributed by atoms with Crippen molar-refractivity contribution in [1.82, 2.24) is 4.90 Å². The van der Waals surface area contributed by atoms with Crippen LogP contribution in [0.15, 0.2) is 18.2 Å². The van der Waals surface area contributed by atoms with Gasteiger partial charge in [0.05, 0.1) is 0 Å². The minimum absolute atomic E-state index is 0. The highest BCUT2D eigenvalue weighted by Crippen LogP contribution is 2.23. The van der Waals surface area contributed by atoms with Gasteiger partial charge in [0, 0.05) is 18.8 Å². The Balaban J connectivity index is 0.00000112. The molecule has 0 radical (unpaired) electrons. The van der Waals surface area contributed by atoms with Crippen LogP contribution < -0.4 is 5.32 Å². The van der Waals surface area contributed by atoms with Gasteiger partial charge < -0.3 is 10.2 Å². The maximum Gasteiger partial charge on any atom is 0.0375 e. The number of hydrogen-bond donors (Lipinski definition) is 1. The zero-order valence-corrected chi connectivity index (χ0v) is 11.5. The topological polar surface area (TPSA) is 15.3 Å². The molecule has 1 aromatic carbocycles. The van der Waals surface area contributed by atoms with Crippen molar-refractivity contribution in [3.63, 3.8) is 0 Å². The summed E-state index contributed by atoms with van der Waals surface area (Å²) in [4.78, 5) is 2.20. The Morgan fingerprint density at radius 2 is 2.00 bits per heavy atom. The summed E-state index contributed by atoms with van der Waals surface area (Å²) in [5.74, 6) is 0. The molecule has 0 aromatic heterocycles. The second kappa shape index (κ2) is 7.00. The normalized spacial score (nSPS) is 13.2. The number of hydrogen-bond acceptors (Lipinski definition) is 2. The first-order valence-corrected chi connectivity index (χ1v) is 5.26. The van der Waals surface area contributed by atoms with Crippen LogP contribution in [0.25, 0.3) is 0 Å². The Labute approximate surface area is 110 Å². The Morgan fingerprint density at radius 1 is 1.25 bits per heavy atom. The van der Waals surface area contributed by atoms with E-state index in [1.165, 1.54) is 29.7 Å². The van der Waals surface area contributed by atoms with E-state index < -0.39 is 0 Å². The van der Waals surface area contributed by atoms with Gasteiger partial charge in [-0.25, -0.2) is 0 Å². The molecule has 1 aliphatic heterocycles. The Bertz CT molecular complexity index is 327. The van der Waals surface area contributed by atoms with Crippen LogP contribution in [0.3, 0.4) is 0 Å². The zero-order chi connectivity index (χ0) is 9.97. The number of nitrogens with zero attached hydrogens (tertiary/aromatic N) is 1. The predicted molar refractivity (Wildman–Crippen MR) is 75.1 cm³/mol. The minimum Gasteiger partial charge on any atom is -0.385 e. The van der Waals surface area contributed by atoms with Crippen molar-refractivity contribution in [3.05, 3.63) is 29.3 Å². The van der Waals surface area contributed by atoms with E-state index in [1.54, 1.807) is 0 Å². The van der Waals surface area contributed by atoms with Gasteiger partial charge >= 0.3 is 0 Å². The van der Waals surface area contributed by atoms with Gasteiger partial charge in [0.1, 0.15) is 0 Å². The molecule has 2 rings (SSSR count). The van der Waals surface area contributed by atoms with E-state index in [0.717, 1.165) is 13.1 Å². The summed E-state index contributed by atoms with van der Waals surface area (Å²) < 4.78 is 0. The molecule has 4 heteroatoms. The second-order valence-electron chi connectivity index (χ2n) is 4.26. The molecule has 0 saturated heterocycles. The molecule has 1 aliphatic rings. The van der Waals surface area contributed by atoms with Crippen LogP contribution in [-0.4, -0.2) is 25.5 Å².